The number of aromatic nitrogens is 2. The Balaban J connectivity index is 2.21. The van der Waals surface area contributed by atoms with E-state index in [9.17, 15) is 0 Å². The van der Waals surface area contributed by atoms with Crippen molar-refractivity contribution in [1.29, 1.82) is 0 Å². The summed E-state index contributed by atoms with van der Waals surface area (Å²) in [6, 6.07) is 7.85. The zero-order valence-electron chi connectivity index (χ0n) is 9.56. The van der Waals surface area contributed by atoms with Gasteiger partial charge in [-0.15, -0.1) is 0 Å². The monoisotopic (exact) mass is 295 g/mol. The Morgan fingerprint density at radius 2 is 2.18 bits per heavy atom. The molecular weight excluding hydrogens is 282 g/mol. The molecule has 0 aliphatic carbocycles. The fourth-order valence-corrected chi connectivity index (χ4v) is 1.92. The molecule has 0 saturated carbocycles. The summed E-state index contributed by atoms with van der Waals surface area (Å²) >= 11 is 3.46. The molecule has 2 N–H and O–H groups in total. The van der Waals surface area contributed by atoms with E-state index in [1.165, 1.54) is 0 Å². The molecule has 2 rings (SSSR count). The normalized spacial score (nSPS) is 12.6. The molecule has 0 bridgehead atoms. The molecule has 0 radical (unpaired) electrons. The van der Waals surface area contributed by atoms with Crippen LogP contribution in [0.1, 0.15) is 19.2 Å². The number of hydrogen-bond donors (Lipinski definition) is 1. The molecule has 1 unspecified atom stereocenters. The average molecular weight is 296 g/mol. The maximum atomic E-state index is 5.85. The van der Waals surface area contributed by atoms with Crippen molar-refractivity contribution in [1.82, 2.24) is 10.1 Å². The summed E-state index contributed by atoms with van der Waals surface area (Å²) in [5.41, 5.74) is 6.77. The van der Waals surface area contributed by atoms with Crippen LogP contribution in [-0.4, -0.2) is 16.2 Å². The van der Waals surface area contributed by atoms with Gasteiger partial charge in [0, 0.05) is 22.5 Å². The van der Waals surface area contributed by atoms with E-state index in [-0.39, 0.29) is 6.04 Å². The van der Waals surface area contributed by atoms with Gasteiger partial charge in [-0.2, -0.15) is 4.98 Å². The highest BCUT2D eigenvalue weighted by atomic mass is 79.9. The molecule has 0 saturated heterocycles. The summed E-state index contributed by atoms with van der Waals surface area (Å²) in [5, 5.41) is 3.96. The topological polar surface area (TPSA) is 64.9 Å². The predicted octanol–water partition coefficient (Wildman–Crippen LogP) is 2.78. The van der Waals surface area contributed by atoms with Gasteiger partial charge in [-0.05, 0) is 18.6 Å². The zero-order chi connectivity index (χ0) is 12.3. The molecule has 1 heterocycles. The van der Waals surface area contributed by atoms with Gasteiger partial charge in [0.1, 0.15) is 0 Å². The molecule has 5 heteroatoms. The summed E-state index contributed by atoms with van der Waals surface area (Å²) in [4.78, 5) is 4.34. The predicted molar refractivity (Wildman–Crippen MR) is 69.4 cm³/mol. The van der Waals surface area contributed by atoms with E-state index in [2.05, 4.69) is 26.1 Å². The van der Waals surface area contributed by atoms with Crippen molar-refractivity contribution < 1.29 is 4.52 Å². The van der Waals surface area contributed by atoms with Gasteiger partial charge in [-0.3, -0.25) is 0 Å². The molecule has 0 fully saturated rings. The minimum Gasteiger partial charge on any atom is -0.339 e. The van der Waals surface area contributed by atoms with Crippen molar-refractivity contribution in [2.45, 2.75) is 25.8 Å². The quantitative estimate of drug-likeness (QED) is 0.942. The molecule has 0 amide bonds. The Morgan fingerprint density at radius 1 is 1.41 bits per heavy atom. The molecule has 1 aromatic carbocycles. The summed E-state index contributed by atoms with van der Waals surface area (Å²) < 4.78 is 6.14. The van der Waals surface area contributed by atoms with Gasteiger partial charge >= 0.3 is 0 Å². The first-order valence-electron chi connectivity index (χ1n) is 5.53. The highest BCUT2D eigenvalue weighted by Gasteiger charge is 2.12. The fraction of sp³-hybridized carbons (Fsp3) is 0.333. The van der Waals surface area contributed by atoms with E-state index in [0.29, 0.717) is 18.1 Å². The van der Waals surface area contributed by atoms with Crippen LogP contribution >= 0.6 is 15.9 Å². The first-order valence-corrected chi connectivity index (χ1v) is 6.33. The molecule has 4 nitrogen and oxygen atoms in total. The zero-order valence-corrected chi connectivity index (χ0v) is 11.1. The highest BCUT2D eigenvalue weighted by molar-refractivity contribution is 9.10. The maximum absolute atomic E-state index is 5.85. The third-order valence-electron chi connectivity index (χ3n) is 2.54. The highest BCUT2D eigenvalue weighted by Crippen LogP contribution is 2.25. The summed E-state index contributed by atoms with van der Waals surface area (Å²) in [6.45, 7) is 2.04. The first kappa shape index (κ1) is 12.3. The van der Waals surface area contributed by atoms with Crippen molar-refractivity contribution in [3.8, 4) is 11.4 Å². The van der Waals surface area contributed by atoms with Gasteiger partial charge in [0.25, 0.3) is 0 Å². The van der Waals surface area contributed by atoms with E-state index in [1.54, 1.807) is 0 Å². The van der Waals surface area contributed by atoms with Crippen LogP contribution in [0.2, 0.25) is 0 Å². The van der Waals surface area contributed by atoms with Crippen LogP contribution in [0.4, 0.5) is 0 Å². The van der Waals surface area contributed by atoms with Crippen molar-refractivity contribution in [3.63, 3.8) is 0 Å². The molecule has 0 aliphatic rings. The molecule has 0 spiro atoms. The van der Waals surface area contributed by atoms with Crippen molar-refractivity contribution in [2.75, 3.05) is 0 Å². The molecular formula is C12H14BrN3O. The average Bonchev–Trinajstić information content (AvgIpc) is 2.78. The summed E-state index contributed by atoms with van der Waals surface area (Å²) in [7, 11) is 0. The Morgan fingerprint density at radius 3 is 2.88 bits per heavy atom. The van der Waals surface area contributed by atoms with Crippen LogP contribution in [0.25, 0.3) is 11.4 Å². The van der Waals surface area contributed by atoms with Gasteiger partial charge in [-0.25, -0.2) is 0 Å². The second-order valence-corrected chi connectivity index (χ2v) is 4.72. The SMILES string of the molecule is CCC(N)Cc1nc(-c2ccccc2Br)no1. The molecule has 1 atom stereocenters. The molecule has 1 aromatic heterocycles. The first-order chi connectivity index (χ1) is 8.20. The smallest absolute Gasteiger partial charge is 0.228 e. The van der Waals surface area contributed by atoms with E-state index in [0.717, 1.165) is 16.5 Å². The lowest BCUT2D eigenvalue weighted by atomic mass is 10.2. The Bertz CT molecular complexity index is 498. The van der Waals surface area contributed by atoms with Crippen LogP contribution in [0.15, 0.2) is 33.3 Å². The van der Waals surface area contributed by atoms with Crippen LogP contribution in [0.3, 0.4) is 0 Å². The standard InChI is InChI=1S/C12H14BrN3O/c1-2-8(14)7-11-15-12(16-17-11)9-5-3-4-6-10(9)13/h3-6,8H,2,7,14H2,1H3. The minimum atomic E-state index is 0.0718. The number of benzene rings is 1. The van der Waals surface area contributed by atoms with Gasteiger partial charge in [0.05, 0.1) is 0 Å². The molecule has 2 aromatic rings. The fourth-order valence-electron chi connectivity index (χ4n) is 1.46. The molecule has 0 aliphatic heterocycles. The molecule has 90 valence electrons. The Labute approximate surface area is 108 Å². The lowest BCUT2D eigenvalue weighted by Gasteiger charge is -2.02. The Hall–Kier alpha value is -1.20. The Kier molecular flexibility index (Phi) is 3.91. The lowest BCUT2D eigenvalue weighted by Crippen LogP contribution is -2.21. The third-order valence-corrected chi connectivity index (χ3v) is 3.24. The van der Waals surface area contributed by atoms with Crippen LogP contribution in [0.5, 0.6) is 0 Å². The lowest BCUT2D eigenvalue weighted by molar-refractivity contribution is 0.368. The number of hydrogen-bond acceptors (Lipinski definition) is 4. The number of rotatable bonds is 4. The second-order valence-electron chi connectivity index (χ2n) is 3.86. The van der Waals surface area contributed by atoms with Crippen molar-refractivity contribution in [3.05, 3.63) is 34.6 Å². The van der Waals surface area contributed by atoms with Gasteiger partial charge in [0.2, 0.25) is 11.7 Å². The number of halogens is 1. The van der Waals surface area contributed by atoms with E-state index >= 15 is 0 Å². The van der Waals surface area contributed by atoms with Gasteiger partial charge in [-0.1, -0.05) is 40.1 Å². The summed E-state index contributed by atoms with van der Waals surface area (Å²) in [5.74, 6) is 1.18. The second kappa shape index (κ2) is 5.42. The van der Waals surface area contributed by atoms with E-state index in [4.69, 9.17) is 10.3 Å². The van der Waals surface area contributed by atoms with Crippen molar-refractivity contribution in [2.24, 2.45) is 5.73 Å². The van der Waals surface area contributed by atoms with Crippen LogP contribution in [-0.2, 0) is 6.42 Å². The maximum Gasteiger partial charge on any atom is 0.228 e. The third kappa shape index (κ3) is 2.92. The van der Waals surface area contributed by atoms with Crippen molar-refractivity contribution >= 4 is 15.9 Å². The van der Waals surface area contributed by atoms with Gasteiger partial charge < -0.3 is 10.3 Å². The minimum absolute atomic E-state index is 0.0718. The van der Waals surface area contributed by atoms with Crippen LogP contribution < -0.4 is 5.73 Å². The molecule has 17 heavy (non-hydrogen) atoms. The number of nitrogens with two attached hydrogens (primary N) is 1. The largest absolute Gasteiger partial charge is 0.339 e. The number of nitrogens with zero attached hydrogens (tertiary/aromatic N) is 2. The van der Waals surface area contributed by atoms with Crippen LogP contribution in [0, 0.1) is 0 Å². The van der Waals surface area contributed by atoms with E-state index in [1.807, 2.05) is 31.2 Å². The van der Waals surface area contributed by atoms with E-state index < -0.39 is 0 Å². The van der Waals surface area contributed by atoms with Gasteiger partial charge in [0.15, 0.2) is 0 Å². The summed E-state index contributed by atoms with van der Waals surface area (Å²) in [6.07, 6.45) is 1.51.